The Balaban J connectivity index is 1.80. The van der Waals surface area contributed by atoms with Crippen LogP contribution >= 0.6 is 0 Å². The van der Waals surface area contributed by atoms with Crippen LogP contribution < -0.4 is 15.6 Å². The minimum Gasteiger partial charge on any atom is -0.481 e. The largest absolute Gasteiger partial charge is 0.481 e. The second kappa shape index (κ2) is 10.2. The summed E-state index contributed by atoms with van der Waals surface area (Å²) in [6.45, 7) is 3.04. The molecule has 11 nitrogen and oxygen atoms in total. The van der Waals surface area contributed by atoms with Crippen LogP contribution in [-0.4, -0.2) is 39.8 Å². The predicted molar refractivity (Wildman–Crippen MR) is 118 cm³/mol. The molecule has 0 aliphatic carbocycles. The maximum absolute atomic E-state index is 12.6. The maximum Gasteiger partial charge on any atom is 0.362 e. The predicted octanol–water partition coefficient (Wildman–Crippen LogP) is 2.64. The van der Waals surface area contributed by atoms with Gasteiger partial charge >= 0.3 is 5.97 Å². The molecular formula is C22H20N4O7. The Morgan fingerprint density at radius 2 is 1.79 bits per heavy atom. The molecule has 0 saturated carbocycles. The van der Waals surface area contributed by atoms with Crippen LogP contribution in [0.4, 0.5) is 11.4 Å². The standard InChI is InChI=1S/C22H20N4O7/c1-3-32-22(29)21-18(12-20(28)25(24-21)16-8-4-14(2)5-9-16)33-13-19(27)23-15-6-10-17(11-7-15)26(30)31/h4-12H,3,13H2,1-2H3,(H,23,27). The van der Waals surface area contributed by atoms with Gasteiger partial charge in [-0.1, -0.05) is 17.7 Å². The van der Waals surface area contributed by atoms with E-state index in [-0.39, 0.29) is 23.7 Å². The lowest BCUT2D eigenvalue weighted by Crippen LogP contribution is -2.27. The van der Waals surface area contributed by atoms with Crippen molar-refractivity contribution in [2.45, 2.75) is 13.8 Å². The van der Waals surface area contributed by atoms with Gasteiger partial charge in [0.2, 0.25) is 5.69 Å². The molecule has 3 rings (SSSR count). The number of amides is 1. The molecule has 0 aliphatic rings. The second-order valence-corrected chi connectivity index (χ2v) is 6.80. The van der Waals surface area contributed by atoms with E-state index >= 15 is 0 Å². The first-order chi connectivity index (χ1) is 15.8. The maximum atomic E-state index is 12.6. The number of benzene rings is 2. The summed E-state index contributed by atoms with van der Waals surface area (Å²) in [6.07, 6.45) is 0. The molecule has 3 aromatic rings. The number of aromatic nitrogens is 2. The van der Waals surface area contributed by atoms with Gasteiger partial charge in [-0.25, -0.2) is 4.79 Å². The van der Waals surface area contributed by atoms with Crippen LogP contribution in [0.15, 0.2) is 59.4 Å². The highest BCUT2D eigenvalue weighted by molar-refractivity contribution is 5.93. The quantitative estimate of drug-likeness (QED) is 0.312. The van der Waals surface area contributed by atoms with Crippen LogP contribution in [0, 0.1) is 17.0 Å². The van der Waals surface area contributed by atoms with E-state index in [2.05, 4.69) is 10.4 Å². The third kappa shape index (κ3) is 5.79. The molecule has 0 unspecified atom stereocenters. The van der Waals surface area contributed by atoms with E-state index < -0.39 is 29.0 Å². The van der Waals surface area contributed by atoms with Crippen molar-refractivity contribution >= 4 is 23.3 Å². The third-order valence-corrected chi connectivity index (χ3v) is 4.36. The Hall–Kier alpha value is -4.54. The van der Waals surface area contributed by atoms with E-state index in [0.29, 0.717) is 11.4 Å². The van der Waals surface area contributed by atoms with Crippen molar-refractivity contribution in [3.63, 3.8) is 0 Å². The lowest BCUT2D eigenvalue weighted by molar-refractivity contribution is -0.384. The molecule has 0 fully saturated rings. The Bertz CT molecular complexity index is 1240. The van der Waals surface area contributed by atoms with Crippen LogP contribution in [0.2, 0.25) is 0 Å². The first-order valence-corrected chi connectivity index (χ1v) is 9.84. The molecule has 0 atom stereocenters. The minimum absolute atomic E-state index is 0.0737. The lowest BCUT2D eigenvalue weighted by Gasteiger charge is -2.13. The van der Waals surface area contributed by atoms with Crippen molar-refractivity contribution in [3.05, 3.63) is 86.3 Å². The summed E-state index contributed by atoms with van der Waals surface area (Å²) >= 11 is 0. The summed E-state index contributed by atoms with van der Waals surface area (Å²) < 4.78 is 11.4. The molecule has 170 valence electrons. The van der Waals surface area contributed by atoms with Gasteiger partial charge in [-0.05, 0) is 38.1 Å². The van der Waals surface area contributed by atoms with E-state index in [9.17, 15) is 24.5 Å². The van der Waals surface area contributed by atoms with Gasteiger partial charge in [0.25, 0.3) is 17.2 Å². The number of esters is 1. The zero-order chi connectivity index (χ0) is 24.0. The third-order valence-electron chi connectivity index (χ3n) is 4.36. The smallest absolute Gasteiger partial charge is 0.362 e. The van der Waals surface area contributed by atoms with Crippen LogP contribution in [0.25, 0.3) is 5.69 Å². The van der Waals surface area contributed by atoms with E-state index in [0.717, 1.165) is 16.3 Å². The number of nitrogens with zero attached hydrogens (tertiary/aromatic N) is 3. The number of carbonyl (C=O) groups is 2. The summed E-state index contributed by atoms with van der Waals surface area (Å²) in [5.41, 5.74) is 0.782. The number of nitro benzene ring substituents is 1. The molecule has 1 amide bonds. The first kappa shape index (κ1) is 23.1. The topological polar surface area (TPSA) is 143 Å². The molecule has 1 N–H and O–H groups in total. The Morgan fingerprint density at radius 1 is 1.12 bits per heavy atom. The molecule has 1 aromatic heterocycles. The Morgan fingerprint density at radius 3 is 2.39 bits per heavy atom. The van der Waals surface area contributed by atoms with Crippen molar-refractivity contribution in [1.82, 2.24) is 9.78 Å². The molecule has 0 saturated heterocycles. The van der Waals surface area contributed by atoms with Crippen molar-refractivity contribution in [2.75, 3.05) is 18.5 Å². The summed E-state index contributed by atoms with van der Waals surface area (Å²) in [7, 11) is 0. The van der Waals surface area contributed by atoms with Crippen LogP contribution in [0.1, 0.15) is 23.0 Å². The molecule has 0 radical (unpaired) electrons. The highest BCUT2D eigenvalue weighted by Gasteiger charge is 2.20. The number of carbonyl (C=O) groups excluding carboxylic acids is 2. The number of nitro groups is 1. The summed E-state index contributed by atoms with van der Waals surface area (Å²) in [5.74, 6) is -1.63. The highest BCUT2D eigenvalue weighted by atomic mass is 16.6. The number of anilines is 1. The van der Waals surface area contributed by atoms with Crippen molar-refractivity contribution < 1.29 is 24.0 Å². The summed E-state index contributed by atoms with van der Waals surface area (Å²) in [4.78, 5) is 47.4. The van der Waals surface area contributed by atoms with Gasteiger partial charge in [0, 0.05) is 17.8 Å². The number of rotatable bonds is 8. The fourth-order valence-corrected chi connectivity index (χ4v) is 2.77. The zero-order valence-corrected chi connectivity index (χ0v) is 17.8. The number of aryl methyl sites for hydroxylation is 1. The molecule has 33 heavy (non-hydrogen) atoms. The van der Waals surface area contributed by atoms with E-state index in [4.69, 9.17) is 9.47 Å². The van der Waals surface area contributed by atoms with E-state index in [1.54, 1.807) is 31.2 Å². The van der Waals surface area contributed by atoms with E-state index in [1.807, 2.05) is 6.92 Å². The van der Waals surface area contributed by atoms with Gasteiger partial charge in [-0.3, -0.25) is 19.7 Å². The molecule has 11 heteroatoms. The number of hydrogen-bond donors (Lipinski definition) is 1. The van der Waals surface area contributed by atoms with Crippen LogP contribution in [0.3, 0.4) is 0 Å². The average Bonchev–Trinajstić information content (AvgIpc) is 2.79. The number of ether oxygens (including phenoxy) is 2. The van der Waals surface area contributed by atoms with E-state index in [1.165, 1.54) is 24.3 Å². The molecular weight excluding hydrogens is 432 g/mol. The van der Waals surface area contributed by atoms with Crippen LogP contribution in [0.5, 0.6) is 5.75 Å². The van der Waals surface area contributed by atoms with Crippen molar-refractivity contribution in [2.24, 2.45) is 0 Å². The first-order valence-electron chi connectivity index (χ1n) is 9.84. The van der Waals surface area contributed by atoms with Gasteiger partial charge < -0.3 is 14.8 Å². The monoisotopic (exact) mass is 452 g/mol. The number of nitrogens with one attached hydrogen (secondary N) is 1. The average molecular weight is 452 g/mol. The van der Waals surface area contributed by atoms with Gasteiger partial charge in [0.15, 0.2) is 12.4 Å². The van der Waals surface area contributed by atoms with Crippen molar-refractivity contribution in [1.29, 1.82) is 0 Å². The molecule has 0 aliphatic heterocycles. The normalized spacial score (nSPS) is 10.4. The molecule has 2 aromatic carbocycles. The summed E-state index contributed by atoms with van der Waals surface area (Å²) in [5, 5.41) is 17.3. The lowest BCUT2D eigenvalue weighted by atomic mass is 10.2. The number of hydrogen-bond acceptors (Lipinski definition) is 8. The van der Waals surface area contributed by atoms with Crippen molar-refractivity contribution in [3.8, 4) is 11.4 Å². The van der Waals surface area contributed by atoms with Gasteiger partial charge in [0.05, 0.1) is 23.3 Å². The molecule has 0 bridgehead atoms. The van der Waals surface area contributed by atoms with Crippen LogP contribution in [-0.2, 0) is 9.53 Å². The zero-order valence-electron chi connectivity index (χ0n) is 17.8. The van der Waals surface area contributed by atoms with Gasteiger partial charge in [-0.15, -0.1) is 0 Å². The Labute approximate surface area is 187 Å². The number of non-ortho nitro benzene ring substituents is 1. The minimum atomic E-state index is -0.816. The molecule has 0 spiro atoms. The van der Waals surface area contributed by atoms with Gasteiger partial charge in [0.1, 0.15) is 0 Å². The Kier molecular flexibility index (Phi) is 7.13. The highest BCUT2D eigenvalue weighted by Crippen LogP contribution is 2.18. The summed E-state index contributed by atoms with van der Waals surface area (Å²) in [6, 6.07) is 13.2. The second-order valence-electron chi connectivity index (χ2n) is 6.80. The fraction of sp³-hybridized carbons (Fsp3) is 0.182. The molecule has 1 heterocycles. The SMILES string of the molecule is CCOC(=O)c1nn(-c2ccc(C)cc2)c(=O)cc1OCC(=O)Nc1ccc([N+](=O)[O-])cc1. The fourth-order valence-electron chi connectivity index (χ4n) is 2.77. The van der Waals surface area contributed by atoms with Gasteiger partial charge in [-0.2, -0.15) is 9.78 Å².